The molecule has 0 aliphatic carbocycles. The number of carbonyl (C=O) groups excluding carboxylic acids is 1. The van der Waals surface area contributed by atoms with E-state index in [-0.39, 0.29) is 5.91 Å². The molecule has 3 rings (SSSR count). The van der Waals surface area contributed by atoms with E-state index in [1.165, 1.54) is 0 Å². The molecule has 5 nitrogen and oxygen atoms in total. The van der Waals surface area contributed by atoms with E-state index >= 15 is 0 Å². The Balaban J connectivity index is 1.49. The Bertz CT molecular complexity index is 474. The van der Waals surface area contributed by atoms with E-state index in [0.29, 0.717) is 12.5 Å². The monoisotopic (exact) mass is 303 g/mol. The number of hydrogen-bond acceptors (Lipinski definition) is 4. The van der Waals surface area contributed by atoms with Gasteiger partial charge in [0, 0.05) is 50.5 Å². The lowest BCUT2D eigenvalue weighted by Gasteiger charge is -2.33. The van der Waals surface area contributed by atoms with Crippen LogP contribution in [0, 0.1) is 0 Å². The molecular weight excluding hydrogens is 278 g/mol. The van der Waals surface area contributed by atoms with E-state index in [4.69, 9.17) is 4.74 Å². The van der Waals surface area contributed by atoms with Gasteiger partial charge in [0.1, 0.15) is 0 Å². The van der Waals surface area contributed by atoms with E-state index in [0.717, 1.165) is 64.3 Å². The van der Waals surface area contributed by atoms with Crippen LogP contribution >= 0.6 is 0 Å². The number of aryl methyl sites for hydroxylation is 1. The largest absolute Gasteiger partial charge is 0.379 e. The van der Waals surface area contributed by atoms with Crippen molar-refractivity contribution in [2.24, 2.45) is 0 Å². The van der Waals surface area contributed by atoms with Crippen LogP contribution in [-0.4, -0.2) is 66.1 Å². The number of ether oxygens (including phenoxy) is 1. The van der Waals surface area contributed by atoms with Crippen LogP contribution in [-0.2, 0) is 16.0 Å². The molecule has 2 fully saturated rings. The zero-order chi connectivity index (χ0) is 15.2. The molecule has 22 heavy (non-hydrogen) atoms. The summed E-state index contributed by atoms with van der Waals surface area (Å²) in [5, 5.41) is 0. The standard InChI is InChI=1S/C17H25N3O2/c21-17(7-6-15-4-1-2-8-18-15)20-9-3-5-16(20)14-19-10-12-22-13-11-19/h1-2,4,8,16H,3,5-7,9-14H2/t16-/m0/s1. The minimum absolute atomic E-state index is 0.279. The highest BCUT2D eigenvalue weighted by molar-refractivity contribution is 5.77. The summed E-state index contributed by atoms with van der Waals surface area (Å²) in [4.78, 5) is 21.3. The maximum absolute atomic E-state index is 12.5. The van der Waals surface area contributed by atoms with Gasteiger partial charge in [-0.3, -0.25) is 14.7 Å². The zero-order valence-corrected chi connectivity index (χ0v) is 13.1. The van der Waals surface area contributed by atoms with Crippen molar-refractivity contribution in [3.05, 3.63) is 30.1 Å². The van der Waals surface area contributed by atoms with Gasteiger partial charge >= 0.3 is 0 Å². The second kappa shape index (κ2) is 7.70. The van der Waals surface area contributed by atoms with Crippen LogP contribution < -0.4 is 0 Å². The number of likely N-dealkylation sites (tertiary alicyclic amines) is 1. The summed E-state index contributed by atoms with van der Waals surface area (Å²) in [6.07, 6.45) is 5.35. The van der Waals surface area contributed by atoms with Gasteiger partial charge in [0.2, 0.25) is 5.91 Å². The first-order chi connectivity index (χ1) is 10.8. The molecule has 0 saturated carbocycles. The van der Waals surface area contributed by atoms with Crippen molar-refractivity contribution in [1.82, 2.24) is 14.8 Å². The predicted molar refractivity (Wildman–Crippen MR) is 84.6 cm³/mol. The van der Waals surface area contributed by atoms with E-state index in [9.17, 15) is 4.79 Å². The SMILES string of the molecule is O=C(CCc1ccccn1)N1CCC[C@H]1CN1CCOCC1. The molecule has 1 aromatic rings. The molecule has 120 valence electrons. The molecule has 2 aliphatic rings. The Kier molecular flexibility index (Phi) is 5.40. The lowest BCUT2D eigenvalue weighted by molar-refractivity contribution is -0.132. The molecular formula is C17H25N3O2. The van der Waals surface area contributed by atoms with Crippen LogP contribution in [0.15, 0.2) is 24.4 Å². The molecule has 2 saturated heterocycles. The number of morpholine rings is 1. The van der Waals surface area contributed by atoms with Crippen LogP contribution in [0.3, 0.4) is 0 Å². The maximum Gasteiger partial charge on any atom is 0.223 e. The highest BCUT2D eigenvalue weighted by atomic mass is 16.5. The van der Waals surface area contributed by atoms with E-state index in [1.807, 2.05) is 18.2 Å². The first kappa shape index (κ1) is 15.4. The fourth-order valence-corrected chi connectivity index (χ4v) is 3.36. The Morgan fingerprint density at radius 3 is 2.91 bits per heavy atom. The van der Waals surface area contributed by atoms with Gasteiger partial charge in [-0.05, 0) is 31.4 Å². The summed E-state index contributed by atoms with van der Waals surface area (Å²) in [7, 11) is 0. The number of rotatable bonds is 5. The highest BCUT2D eigenvalue weighted by Gasteiger charge is 2.30. The third kappa shape index (κ3) is 4.05. The highest BCUT2D eigenvalue weighted by Crippen LogP contribution is 2.20. The van der Waals surface area contributed by atoms with Crippen LogP contribution in [0.2, 0.25) is 0 Å². The molecule has 5 heteroatoms. The van der Waals surface area contributed by atoms with Gasteiger partial charge in [-0.2, -0.15) is 0 Å². The summed E-state index contributed by atoms with van der Waals surface area (Å²) in [5.41, 5.74) is 1.000. The molecule has 1 amide bonds. The lowest BCUT2D eigenvalue weighted by atomic mass is 10.1. The minimum Gasteiger partial charge on any atom is -0.379 e. The van der Waals surface area contributed by atoms with Gasteiger partial charge in [0.05, 0.1) is 13.2 Å². The molecule has 0 N–H and O–H groups in total. The molecule has 0 bridgehead atoms. The average Bonchev–Trinajstić information content (AvgIpc) is 3.03. The van der Waals surface area contributed by atoms with Gasteiger partial charge in [0.25, 0.3) is 0 Å². The molecule has 2 aliphatic heterocycles. The third-order valence-electron chi connectivity index (χ3n) is 4.59. The lowest BCUT2D eigenvalue weighted by Crippen LogP contribution is -2.46. The number of amides is 1. The normalized spacial score (nSPS) is 22.9. The number of pyridine rings is 1. The summed E-state index contributed by atoms with van der Waals surface area (Å²) < 4.78 is 5.40. The van der Waals surface area contributed by atoms with Crippen LogP contribution in [0.25, 0.3) is 0 Å². The van der Waals surface area contributed by atoms with E-state index in [2.05, 4.69) is 14.8 Å². The third-order valence-corrected chi connectivity index (χ3v) is 4.59. The van der Waals surface area contributed by atoms with Gasteiger partial charge in [0.15, 0.2) is 0 Å². The number of aromatic nitrogens is 1. The fourth-order valence-electron chi connectivity index (χ4n) is 3.36. The summed E-state index contributed by atoms with van der Waals surface area (Å²) in [6, 6.07) is 6.26. The Hall–Kier alpha value is -1.46. The minimum atomic E-state index is 0.279. The molecule has 3 heterocycles. The first-order valence-corrected chi connectivity index (χ1v) is 8.32. The second-order valence-electron chi connectivity index (χ2n) is 6.12. The first-order valence-electron chi connectivity index (χ1n) is 8.32. The molecule has 0 radical (unpaired) electrons. The van der Waals surface area contributed by atoms with Crippen molar-refractivity contribution in [3.8, 4) is 0 Å². The zero-order valence-electron chi connectivity index (χ0n) is 13.1. The van der Waals surface area contributed by atoms with Crippen LogP contribution in [0.5, 0.6) is 0 Å². The van der Waals surface area contributed by atoms with Gasteiger partial charge < -0.3 is 9.64 Å². The number of carbonyl (C=O) groups is 1. The van der Waals surface area contributed by atoms with Gasteiger partial charge in [-0.1, -0.05) is 6.07 Å². The van der Waals surface area contributed by atoms with E-state index < -0.39 is 0 Å². The Morgan fingerprint density at radius 1 is 1.27 bits per heavy atom. The Labute approximate surface area is 132 Å². The van der Waals surface area contributed by atoms with Crippen molar-refractivity contribution in [1.29, 1.82) is 0 Å². The molecule has 0 aromatic carbocycles. The molecule has 1 atom stereocenters. The smallest absolute Gasteiger partial charge is 0.223 e. The summed E-state index contributed by atoms with van der Waals surface area (Å²) in [5.74, 6) is 0.279. The van der Waals surface area contributed by atoms with Crippen molar-refractivity contribution < 1.29 is 9.53 Å². The van der Waals surface area contributed by atoms with Crippen LogP contribution in [0.1, 0.15) is 25.0 Å². The number of hydrogen-bond donors (Lipinski definition) is 0. The average molecular weight is 303 g/mol. The molecule has 0 unspecified atom stereocenters. The van der Waals surface area contributed by atoms with Crippen molar-refractivity contribution in [2.75, 3.05) is 39.4 Å². The topological polar surface area (TPSA) is 45.7 Å². The quantitative estimate of drug-likeness (QED) is 0.823. The van der Waals surface area contributed by atoms with Crippen molar-refractivity contribution in [2.45, 2.75) is 31.7 Å². The summed E-state index contributed by atoms with van der Waals surface area (Å²) in [6.45, 7) is 5.54. The predicted octanol–water partition coefficient (Wildman–Crippen LogP) is 1.34. The van der Waals surface area contributed by atoms with Crippen LogP contribution in [0.4, 0.5) is 0 Å². The number of nitrogens with zero attached hydrogens (tertiary/aromatic N) is 3. The summed E-state index contributed by atoms with van der Waals surface area (Å²) >= 11 is 0. The fraction of sp³-hybridized carbons (Fsp3) is 0.647. The molecule has 1 aromatic heterocycles. The van der Waals surface area contributed by atoms with E-state index in [1.54, 1.807) is 6.20 Å². The van der Waals surface area contributed by atoms with Crippen molar-refractivity contribution >= 4 is 5.91 Å². The van der Waals surface area contributed by atoms with Crippen molar-refractivity contribution in [3.63, 3.8) is 0 Å². The maximum atomic E-state index is 12.5. The van der Waals surface area contributed by atoms with Gasteiger partial charge in [-0.25, -0.2) is 0 Å². The Morgan fingerprint density at radius 2 is 2.14 bits per heavy atom. The molecule has 0 spiro atoms. The van der Waals surface area contributed by atoms with Gasteiger partial charge in [-0.15, -0.1) is 0 Å². The second-order valence-corrected chi connectivity index (χ2v) is 6.12.